The first-order valence-electron chi connectivity index (χ1n) is 15.6. The largest absolute Gasteiger partial charge is 0.507 e. The molecule has 0 atom stereocenters. The van der Waals surface area contributed by atoms with Gasteiger partial charge in [0.15, 0.2) is 0 Å². The molecule has 1 N–H and O–H groups in total. The minimum absolute atomic E-state index is 0. The molecule has 5 nitrogen and oxygen atoms in total. The fourth-order valence-electron chi connectivity index (χ4n) is 6.08. The maximum Gasteiger partial charge on any atom is 0.230 e. The van der Waals surface area contributed by atoms with Gasteiger partial charge >= 0.3 is 0 Å². The topological polar surface area (TPSA) is 72.0 Å². The number of pyridine rings is 2. The second-order valence-electron chi connectivity index (χ2n) is 13.6. The molecule has 0 unspecified atom stereocenters. The zero-order chi connectivity index (χ0) is 32.2. The number of aromatic nitrogens is 3. The second-order valence-corrected chi connectivity index (χ2v) is 13.6. The van der Waals surface area contributed by atoms with E-state index in [1.165, 1.54) is 5.56 Å². The monoisotopic (exact) mass is 797 g/mol. The molecule has 7 rings (SSSR count). The van der Waals surface area contributed by atoms with Crippen LogP contribution in [-0.4, -0.2) is 20.1 Å². The third kappa shape index (κ3) is 5.90. The summed E-state index contributed by atoms with van der Waals surface area (Å²) in [6.45, 7) is 13.0. The molecule has 0 radical (unpaired) electrons. The summed E-state index contributed by atoms with van der Waals surface area (Å²) in [5, 5.41) is 12.0. The summed E-state index contributed by atoms with van der Waals surface area (Å²) in [5.41, 5.74) is 10.5. The van der Waals surface area contributed by atoms with E-state index in [-0.39, 0.29) is 37.6 Å². The van der Waals surface area contributed by atoms with E-state index in [9.17, 15) is 5.11 Å². The third-order valence-corrected chi connectivity index (χ3v) is 9.05. The van der Waals surface area contributed by atoms with Gasteiger partial charge < -0.3 is 9.52 Å². The summed E-state index contributed by atoms with van der Waals surface area (Å²) in [5.74, 6) is 0.509. The van der Waals surface area contributed by atoms with E-state index < -0.39 is 0 Å². The number of hydrogen-bond acceptors (Lipinski definition) is 5. The Balaban J connectivity index is 0.00000386. The predicted octanol–water partition coefficient (Wildman–Crippen LogP) is 10.2. The van der Waals surface area contributed by atoms with Crippen LogP contribution in [0.2, 0.25) is 0 Å². The Morgan fingerprint density at radius 2 is 1.43 bits per heavy atom. The van der Waals surface area contributed by atoms with Gasteiger partial charge in [-0.2, -0.15) is 0 Å². The van der Waals surface area contributed by atoms with Gasteiger partial charge in [-0.05, 0) is 64.4 Å². The summed E-state index contributed by atoms with van der Waals surface area (Å²) in [4.78, 5) is 14.3. The maximum absolute atomic E-state index is 10.9. The van der Waals surface area contributed by atoms with Crippen molar-refractivity contribution in [2.45, 2.75) is 52.4 Å². The summed E-state index contributed by atoms with van der Waals surface area (Å²) in [6, 6.07) is 32.2. The van der Waals surface area contributed by atoms with Crippen LogP contribution in [0.3, 0.4) is 0 Å². The van der Waals surface area contributed by atoms with Crippen molar-refractivity contribution in [3.8, 4) is 39.5 Å². The van der Waals surface area contributed by atoms with Gasteiger partial charge in [-0.25, -0.2) is 4.98 Å². The molecular weight excluding hydrogens is 762 g/mol. The van der Waals surface area contributed by atoms with Gasteiger partial charge in [0.1, 0.15) is 11.3 Å². The Morgan fingerprint density at radius 3 is 2.17 bits per heavy atom. The zero-order valence-electron chi connectivity index (χ0n) is 27.3. The van der Waals surface area contributed by atoms with E-state index in [0.29, 0.717) is 22.6 Å². The number of benzene rings is 4. The van der Waals surface area contributed by atoms with Crippen LogP contribution in [0.5, 0.6) is 5.75 Å². The standard InChI is InChI=1S/C41H36N3O2.Pt/c1-25-17-18-43-37-33(25)23-42-24-34(37)27-12-10-11-26(19-27)31-21-30(41(5,6)28-13-8-7-9-14-28)22-36-38(31)44-39(46-36)32-20-29(40(2,3)4)15-16-35(32)45;/h7-18,20-24,45H,1-6H3;/q-1;. The van der Waals surface area contributed by atoms with Crippen LogP contribution in [0, 0.1) is 13.0 Å². The average Bonchev–Trinajstić information content (AvgIpc) is 3.48. The molecule has 0 saturated carbocycles. The SMILES string of the molecule is Cc1ccnc2c(-c3[c-]c(-c4cc(C(C)(C)c5ccccc5)cc5oc(-c6cc(C(C)(C)C)ccc6O)nc45)ccc3)cncc12.[Pt]. The van der Waals surface area contributed by atoms with Crippen LogP contribution in [-0.2, 0) is 31.9 Å². The van der Waals surface area contributed by atoms with Crippen molar-refractivity contribution < 1.29 is 30.6 Å². The molecule has 4 aromatic carbocycles. The van der Waals surface area contributed by atoms with Crippen LogP contribution in [0.4, 0.5) is 0 Å². The van der Waals surface area contributed by atoms with Gasteiger partial charge in [0.2, 0.25) is 5.89 Å². The summed E-state index contributed by atoms with van der Waals surface area (Å²) in [6.07, 6.45) is 5.56. The molecule has 3 heterocycles. The summed E-state index contributed by atoms with van der Waals surface area (Å²) >= 11 is 0. The smallest absolute Gasteiger partial charge is 0.230 e. The Kier molecular flexibility index (Phi) is 8.40. The Morgan fingerprint density at radius 1 is 0.702 bits per heavy atom. The number of hydrogen-bond donors (Lipinski definition) is 1. The van der Waals surface area contributed by atoms with Crippen LogP contribution >= 0.6 is 0 Å². The van der Waals surface area contributed by atoms with Gasteiger partial charge in [-0.15, -0.1) is 35.4 Å². The van der Waals surface area contributed by atoms with Crippen molar-refractivity contribution >= 4 is 22.0 Å². The fraction of sp³-hybridized carbons (Fsp3) is 0.195. The summed E-state index contributed by atoms with van der Waals surface area (Å²) in [7, 11) is 0. The van der Waals surface area contributed by atoms with Crippen LogP contribution in [0.25, 0.3) is 55.7 Å². The number of aryl methyl sites for hydroxylation is 1. The van der Waals surface area contributed by atoms with Gasteiger partial charge in [0.25, 0.3) is 0 Å². The molecule has 0 aliphatic heterocycles. The minimum atomic E-state index is -0.329. The fourth-order valence-corrected chi connectivity index (χ4v) is 6.08. The van der Waals surface area contributed by atoms with Crippen molar-refractivity contribution in [2.24, 2.45) is 0 Å². The van der Waals surface area contributed by atoms with E-state index >= 15 is 0 Å². The number of oxazole rings is 1. The molecule has 0 fully saturated rings. The number of fused-ring (bicyclic) bond motifs is 2. The van der Waals surface area contributed by atoms with E-state index in [1.807, 2.05) is 55.0 Å². The van der Waals surface area contributed by atoms with Crippen LogP contribution in [0.15, 0.2) is 108 Å². The average molecular weight is 798 g/mol. The third-order valence-electron chi connectivity index (χ3n) is 9.05. The first kappa shape index (κ1) is 32.3. The van der Waals surface area contributed by atoms with Crippen molar-refractivity contribution in [2.75, 3.05) is 0 Å². The van der Waals surface area contributed by atoms with E-state index in [1.54, 1.807) is 6.07 Å². The Hall–Kier alpha value is -4.60. The first-order valence-corrected chi connectivity index (χ1v) is 15.6. The van der Waals surface area contributed by atoms with Crippen molar-refractivity contribution in [1.82, 2.24) is 15.0 Å². The van der Waals surface area contributed by atoms with Crippen LogP contribution < -0.4 is 0 Å². The number of aromatic hydroxyl groups is 1. The molecule has 0 bridgehead atoms. The first-order chi connectivity index (χ1) is 22.0. The molecule has 6 heteroatoms. The zero-order valence-corrected chi connectivity index (χ0v) is 29.6. The molecular formula is C41H36N3O2Pt-. The molecule has 7 aromatic rings. The van der Waals surface area contributed by atoms with Crippen molar-refractivity contribution in [1.29, 1.82) is 0 Å². The predicted molar refractivity (Wildman–Crippen MR) is 186 cm³/mol. The maximum atomic E-state index is 10.9. The Labute approximate surface area is 290 Å². The van der Waals surface area contributed by atoms with Crippen molar-refractivity contribution in [3.05, 3.63) is 132 Å². The molecule has 0 amide bonds. The normalized spacial score (nSPS) is 12.0. The molecule has 0 aliphatic carbocycles. The summed E-state index contributed by atoms with van der Waals surface area (Å²) < 4.78 is 6.52. The number of rotatable bonds is 5. The van der Waals surface area contributed by atoms with E-state index in [0.717, 1.165) is 49.8 Å². The van der Waals surface area contributed by atoms with E-state index in [4.69, 9.17) is 14.4 Å². The number of phenols is 1. The molecule has 47 heavy (non-hydrogen) atoms. The second kappa shape index (κ2) is 12.2. The van der Waals surface area contributed by atoms with Crippen molar-refractivity contribution in [3.63, 3.8) is 0 Å². The van der Waals surface area contributed by atoms with E-state index in [2.05, 4.69) is 95.1 Å². The molecule has 0 saturated heterocycles. The molecule has 0 spiro atoms. The Bertz CT molecular complexity index is 2250. The quantitative estimate of drug-likeness (QED) is 0.176. The van der Waals surface area contributed by atoms with Gasteiger partial charge in [-0.3, -0.25) is 9.97 Å². The van der Waals surface area contributed by atoms with Gasteiger partial charge in [0, 0.05) is 56.0 Å². The van der Waals surface area contributed by atoms with Gasteiger partial charge in [-0.1, -0.05) is 82.6 Å². The molecule has 238 valence electrons. The number of nitrogens with zero attached hydrogens (tertiary/aromatic N) is 3. The minimum Gasteiger partial charge on any atom is -0.507 e. The number of phenolic OH excluding ortho intramolecular Hbond substituents is 1. The van der Waals surface area contributed by atoms with Crippen LogP contribution in [0.1, 0.15) is 56.9 Å². The molecule has 0 aliphatic rings. The molecule has 3 aromatic heterocycles. The van der Waals surface area contributed by atoms with Gasteiger partial charge in [0.05, 0.1) is 11.1 Å².